The molecular weight excluding hydrogens is 378 g/mol. The van der Waals surface area contributed by atoms with Gasteiger partial charge in [0.2, 0.25) is 5.95 Å². The van der Waals surface area contributed by atoms with Crippen molar-refractivity contribution in [1.82, 2.24) is 20.3 Å². The average Bonchev–Trinajstić information content (AvgIpc) is 3.28. The van der Waals surface area contributed by atoms with E-state index in [4.69, 9.17) is 9.72 Å². The standard InChI is InChI=1S/C23H29N5O2/c29-22(18-13-17-3-1-2-4-20(17)25-14-18)26-19-6-10-28(15-19)23-24-9-5-21(27-23)16-7-11-30-12-8-16/h5,9,13-14,16,19H,1-4,6-8,10-12,15H2,(H,26,29). The fourth-order valence-electron chi connectivity index (χ4n) is 4.78. The Hall–Kier alpha value is -2.54. The summed E-state index contributed by atoms with van der Waals surface area (Å²) in [6.45, 7) is 3.20. The van der Waals surface area contributed by atoms with Gasteiger partial charge in [0, 0.05) is 62.0 Å². The second-order valence-corrected chi connectivity index (χ2v) is 8.61. The number of aryl methyl sites for hydroxylation is 2. The van der Waals surface area contributed by atoms with Gasteiger partial charge < -0.3 is 15.0 Å². The number of carbonyl (C=O) groups is 1. The Morgan fingerprint density at radius 2 is 2.00 bits per heavy atom. The largest absolute Gasteiger partial charge is 0.381 e. The topological polar surface area (TPSA) is 80.2 Å². The van der Waals surface area contributed by atoms with Crippen LogP contribution >= 0.6 is 0 Å². The molecule has 2 saturated heterocycles. The van der Waals surface area contributed by atoms with E-state index in [1.807, 2.05) is 18.3 Å². The maximum absolute atomic E-state index is 12.8. The molecule has 158 valence electrons. The van der Waals surface area contributed by atoms with Crippen molar-refractivity contribution in [2.24, 2.45) is 0 Å². The normalized spacial score (nSPS) is 22.0. The molecule has 1 amide bonds. The summed E-state index contributed by atoms with van der Waals surface area (Å²) < 4.78 is 5.47. The van der Waals surface area contributed by atoms with Gasteiger partial charge in [-0.2, -0.15) is 0 Å². The number of hydrogen-bond acceptors (Lipinski definition) is 6. The van der Waals surface area contributed by atoms with E-state index >= 15 is 0 Å². The van der Waals surface area contributed by atoms with Gasteiger partial charge in [-0.25, -0.2) is 9.97 Å². The highest BCUT2D eigenvalue weighted by molar-refractivity contribution is 5.94. The highest BCUT2D eigenvalue weighted by Gasteiger charge is 2.27. The van der Waals surface area contributed by atoms with E-state index in [9.17, 15) is 4.79 Å². The van der Waals surface area contributed by atoms with Crippen molar-refractivity contribution in [3.63, 3.8) is 0 Å². The monoisotopic (exact) mass is 407 g/mol. The highest BCUT2D eigenvalue weighted by atomic mass is 16.5. The Balaban J connectivity index is 1.21. The summed E-state index contributed by atoms with van der Waals surface area (Å²) in [7, 11) is 0. The number of nitrogens with zero attached hydrogens (tertiary/aromatic N) is 4. The number of rotatable bonds is 4. The Morgan fingerprint density at radius 1 is 1.13 bits per heavy atom. The van der Waals surface area contributed by atoms with Gasteiger partial charge in [0.05, 0.1) is 5.56 Å². The number of nitrogens with one attached hydrogen (secondary N) is 1. The number of ether oxygens (including phenoxy) is 1. The van der Waals surface area contributed by atoms with Crippen molar-refractivity contribution in [3.05, 3.63) is 47.0 Å². The molecule has 7 nitrogen and oxygen atoms in total. The third-order valence-corrected chi connectivity index (χ3v) is 6.54. The van der Waals surface area contributed by atoms with Gasteiger partial charge in [0.15, 0.2) is 0 Å². The molecule has 0 radical (unpaired) electrons. The van der Waals surface area contributed by atoms with Gasteiger partial charge >= 0.3 is 0 Å². The van der Waals surface area contributed by atoms with E-state index in [2.05, 4.69) is 20.2 Å². The molecule has 1 atom stereocenters. The lowest BCUT2D eigenvalue weighted by Crippen LogP contribution is -2.37. The zero-order valence-electron chi connectivity index (χ0n) is 17.3. The van der Waals surface area contributed by atoms with Crippen molar-refractivity contribution in [1.29, 1.82) is 0 Å². The van der Waals surface area contributed by atoms with Gasteiger partial charge in [-0.15, -0.1) is 0 Å². The summed E-state index contributed by atoms with van der Waals surface area (Å²) in [5, 5.41) is 3.19. The second-order valence-electron chi connectivity index (χ2n) is 8.61. The lowest BCUT2D eigenvalue weighted by Gasteiger charge is -2.23. The van der Waals surface area contributed by atoms with Gasteiger partial charge in [0.25, 0.3) is 5.91 Å². The van der Waals surface area contributed by atoms with Crippen LogP contribution < -0.4 is 10.2 Å². The highest BCUT2D eigenvalue weighted by Crippen LogP contribution is 2.27. The molecule has 7 heteroatoms. The zero-order chi connectivity index (χ0) is 20.3. The number of amides is 1. The molecule has 3 aliphatic rings. The smallest absolute Gasteiger partial charge is 0.253 e. The summed E-state index contributed by atoms with van der Waals surface area (Å²) >= 11 is 0. The van der Waals surface area contributed by atoms with Crippen LogP contribution in [-0.4, -0.2) is 53.2 Å². The molecule has 0 bridgehead atoms. The van der Waals surface area contributed by atoms with Crippen LogP contribution in [0.5, 0.6) is 0 Å². The lowest BCUT2D eigenvalue weighted by atomic mass is 9.95. The molecule has 2 aromatic rings. The van der Waals surface area contributed by atoms with Crippen LogP contribution in [0.1, 0.15) is 65.3 Å². The van der Waals surface area contributed by atoms with Crippen LogP contribution in [0.25, 0.3) is 0 Å². The number of carbonyl (C=O) groups excluding carboxylic acids is 1. The molecule has 4 heterocycles. The number of aromatic nitrogens is 3. The first-order chi connectivity index (χ1) is 14.8. The molecule has 1 aliphatic carbocycles. The van der Waals surface area contributed by atoms with Crippen molar-refractivity contribution in [3.8, 4) is 0 Å². The first-order valence-electron chi connectivity index (χ1n) is 11.2. The molecule has 1 N–H and O–H groups in total. The second kappa shape index (κ2) is 8.68. The maximum atomic E-state index is 12.8. The minimum absolute atomic E-state index is 0.0281. The lowest BCUT2D eigenvalue weighted by molar-refractivity contribution is 0.0845. The summed E-state index contributed by atoms with van der Waals surface area (Å²) in [6.07, 6.45) is 11.0. The summed E-state index contributed by atoms with van der Waals surface area (Å²) in [5.41, 5.74) is 4.18. The SMILES string of the molecule is O=C(NC1CCN(c2nccc(C3CCOCC3)n2)C1)c1cnc2c(c1)CCCC2. The number of anilines is 1. The maximum Gasteiger partial charge on any atom is 0.253 e. The Morgan fingerprint density at radius 3 is 2.90 bits per heavy atom. The van der Waals surface area contributed by atoms with Crippen LogP contribution in [0, 0.1) is 0 Å². The molecular formula is C23H29N5O2. The van der Waals surface area contributed by atoms with Gasteiger partial charge in [-0.3, -0.25) is 9.78 Å². The molecule has 0 saturated carbocycles. The minimum Gasteiger partial charge on any atom is -0.381 e. The Bertz CT molecular complexity index is 912. The van der Waals surface area contributed by atoms with Crippen molar-refractivity contribution < 1.29 is 9.53 Å². The van der Waals surface area contributed by atoms with Gasteiger partial charge in [-0.05, 0) is 62.6 Å². The van der Waals surface area contributed by atoms with Crippen LogP contribution in [0.4, 0.5) is 5.95 Å². The number of hydrogen-bond donors (Lipinski definition) is 1. The number of fused-ring (bicyclic) bond motifs is 1. The third kappa shape index (κ3) is 4.17. The quantitative estimate of drug-likeness (QED) is 0.839. The molecule has 1 unspecified atom stereocenters. The molecule has 2 aliphatic heterocycles. The fourth-order valence-corrected chi connectivity index (χ4v) is 4.78. The molecule has 30 heavy (non-hydrogen) atoms. The molecule has 2 aromatic heterocycles. The van der Waals surface area contributed by atoms with E-state index < -0.39 is 0 Å². The zero-order valence-corrected chi connectivity index (χ0v) is 17.3. The van der Waals surface area contributed by atoms with E-state index in [-0.39, 0.29) is 11.9 Å². The summed E-state index contributed by atoms with van der Waals surface area (Å²) in [6, 6.07) is 4.16. The Kier molecular flexibility index (Phi) is 5.62. The van der Waals surface area contributed by atoms with E-state index in [1.54, 1.807) is 6.20 Å². The van der Waals surface area contributed by atoms with E-state index in [0.29, 0.717) is 11.5 Å². The summed E-state index contributed by atoms with van der Waals surface area (Å²) in [5.74, 6) is 1.20. The van der Waals surface area contributed by atoms with Crippen LogP contribution in [-0.2, 0) is 17.6 Å². The molecule has 2 fully saturated rings. The van der Waals surface area contributed by atoms with Crippen molar-refractivity contribution in [2.45, 2.75) is 56.9 Å². The van der Waals surface area contributed by atoms with Crippen LogP contribution in [0.3, 0.4) is 0 Å². The van der Waals surface area contributed by atoms with E-state index in [0.717, 1.165) is 75.7 Å². The third-order valence-electron chi connectivity index (χ3n) is 6.54. The van der Waals surface area contributed by atoms with Crippen molar-refractivity contribution in [2.75, 3.05) is 31.2 Å². The first kappa shape index (κ1) is 19.4. The van der Waals surface area contributed by atoms with Gasteiger partial charge in [0.1, 0.15) is 0 Å². The fraction of sp³-hybridized carbons (Fsp3) is 0.565. The number of pyridine rings is 1. The van der Waals surface area contributed by atoms with Gasteiger partial charge in [-0.1, -0.05) is 0 Å². The molecule has 0 aromatic carbocycles. The summed E-state index contributed by atoms with van der Waals surface area (Å²) in [4.78, 5) is 28.8. The van der Waals surface area contributed by atoms with E-state index in [1.165, 1.54) is 18.4 Å². The van der Waals surface area contributed by atoms with Crippen molar-refractivity contribution >= 4 is 11.9 Å². The van der Waals surface area contributed by atoms with Crippen LogP contribution in [0.2, 0.25) is 0 Å². The predicted molar refractivity (Wildman–Crippen MR) is 114 cm³/mol. The first-order valence-corrected chi connectivity index (χ1v) is 11.2. The van der Waals surface area contributed by atoms with Crippen LogP contribution in [0.15, 0.2) is 24.5 Å². The molecule has 0 spiro atoms. The average molecular weight is 408 g/mol. The Labute approximate surface area is 177 Å². The molecule has 5 rings (SSSR count). The predicted octanol–water partition coefficient (Wildman–Crippen LogP) is 2.65. The minimum atomic E-state index is -0.0281.